The first-order valence-corrected chi connectivity index (χ1v) is 12.6. The maximum Gasteiger partial charge on any atom is 0.414 e. The Morgan fingerprint density at radius 1 is 1.09 bits per heavy atom. The molecule has 2 atom stereocenters. The summed E-state index contributed by atoms with van der Waals surface area (Å²) >= 11 is 0. The van der Waals surface area contributed by atoms with Gasteiger partial charge in [0.1, 0.15) is 12.6 Å². The maximum atomic E-state index is 12.8. The number of ether oxygens (including phenoxy) is 1. The van der Waals surface area contributed by atoms with Gasteiger partial charge in [-0.3, -0.25) is 19.9 Å². The number of alkyl carbamates (subject to hydrolysis) is 1. The SMILES string of the molecule is NC(=NCCCCNC(=O)[C@@H]1CCN1C(=O)C(N)C1CCCCC1)NC(=O)OCc1ccccc1. The monoisotopic (exact) mass is 486 g/mol. The fraction of sp³-hybridized carbons (Fsp3) is 0.600. The van der Waals surface area contributed by atoms with E-state index in [2.05, 4.69) is 15.6 Å². The predicted molar refractivity (Wildman–Crippen MR) is 133 cm³/mol. The number of nitrogens with zero attached hydrogens (tertiary/aromatic N) is 2. The van der Waals surface area contributed by atoms with Gasteiger partial charge in [0.2, 0.25) is 11.8 Å². The first-order chi connectivity index (χ1) is 17.0. The molecule has 10 heteroatoms. The van der Waals surface area contributed by atoms with E-state index in [0.29, 0.717) is 38.9 Å². The Bertz CT molecular complexity index is 872. The first-order valence-electron chi connectivity index (χ1n) is 12.6. The topological polar surface area (TPSA) is 152 Å². The van der Waals surface area contributed by atoms with Crippen LogP contribution in [0.4, 0.5) is 4.79 Å². The van der Waals surface area contributed by atoms with Gasteiger partial charge in [0.25, 0.3) is 0 Å². The van der Waals surface area contributed by atoms with E-state index in [9.17, 15) is 14.4 Å². The highest BCUT2D eigenvalue weighted by atomic mass is 16.5. The molecule has 3 rings (SSSR count). The van der Waals surface area contributed by atoms with Gasteiger partial charge in [-0.2, -0.15) is 0 Å². The molecule has 2 aliphatic rings. The average molecular weight is 487 g/mol. The average Bonchev–Trinajstić information content (AvgIpc) is 2.84. The third kappa shape index (κ3) is 8.24. The zero-order valence-corrected chi connectivity index (χ0v) is 20.3. The van der Waals surface area contributed by atoms with Crippen molar-refractivity contribution in [2.75, 3.05) is 19.6 Å². The molecule has 6 N–H and O–H groups in total. The van der Waals surface area contributed by atoms with Crippen molar-refractivity contribution in [2.24, 2.45) is 22.4 Å². The Balaban J connectivity index is 1.27. The molecule has 1 aromatic rings. The molecule has 1 aromatic carbocycles. The summed E-state index contributed by atoms with van der Waals surface area (Å²) in [6.45, 7) is 1.63. The molecule has 3 amide bonds. The summed E-state index contributed by atoms with van der Waals surface area (Å²) in [5.41, 5.74) is 12.8. The van der Waals surface area contributed by atoms with Crippen LogP contribution in [0, 0.1) is 5.92 Å². The minimum absolute atomic E-state index is 0.00924. The number of carbonyl (C=O) groups excluding carboxylic acids is 3. The minimum Gasteiger partial charge on any atom is -0.444 e. The van der Waals surface area contributed by atoms with Gasteiger partial charge in [-0.05, 0) is 43.6 Å². The van der Waals surface area contributed by atoms with Crippen LogP contribution < -0.4 is 22.1 Å². The summed E-state index contributed by atoms with van der Waals surface area (Å²) in [7, 11) is 0. The van der Waals surface area contributed by atoms with E-state index in [4.69, 9.17) is 16.2 Å². The van der Waals surface area contributed by atoms with E-state index < -0.39 is 18.2 Å². The summed E-state index contributed by atoms with van der Waals surface area (Å²) in [5, 5.41) is 5.28. The van der Waals surface area contributed by atoms with Crippen LogP contribution in [0.2, 0.25) is 0 Å². The fourth-order valence-corrected chi connectivity index (χ4v) is 4.48. The number of hydrogen-bond acceptors (Lipinski definition) is 6. The highest BCUT2D eigenvalue weighted by Crippen LogP contribution is 2.28. The highest BCUT2D eigenvalue weighted by molar-refractivity contribution is 5.93. The molecular formula is C25H38N6O4. The minimum atomic E-state index is -0.662. The van der Waals surface area contributed by atoms with Gasteiger partial charge in [-0.15, -0.1) is 0 Å². The Labute approximate surface area is 206 Å². The van der Waals surface area contributed by atoms with E-state index in [-0.39, 0.29) is 30.3 Å². The van der Waals surface area contributed by atoms with E-state index in [0.717, 1.165) is 31.2 Å². The molecule has 0 bridgehead atoms. The number of aliphatic imine (C=N–C) groups is 1. The van der Waals surface area contributed by atoms with Crippen molar-refractivity contribution in [1.29, 1.82) is 0 Å². The Morgan fingerprint density at radius 2 is 1.83 bits per heavy atom. The third-order valence-corrected chi connectivity index (χ3v) is 6.66. The van der Waals surface area contributed by atoms with Gasteiger partial charge in [-0.25, -0.2) is 4.79 Å². The van der Waals surface area contributed by atoms with Crippen molar-refractivity contribution in [3.63, 3.8) is 0 Å². The van der Waals surface area contributed by atoms with Crippen LogP contribution in [0.25, 0.3) is 0 Å². The molecule has 1 aliphatic carbocycles. The third-order valence-electron chi connectivity index (χ3n) is 6.66. The lowest BCUT2D eigenvalue weighted by Crippen LogP contribution is -2.62. The van der Waals surface area contributed by atoms with Gasteiger partial charge >= 0.3 is 6.09 Å². The number of nitrogens with one attached hydrogen (secondary N) is 2. The van der Waals surface area contributed by atoms with Crippen LogP contribution in [0.1, 0.15) is 56.9 Å². The lowest BCUT2D eigenvalue weighted by molar-refractivity contribution is -0.149. The summed E-state index contributed by atoms with van der Waals surface area (Å²) < 4.78 is 5.09. The Hall–Kier alpha value is -3.14. The lowest BCUT2D eigenvalue weighted by Gasteiger charge is -2.42. The van der Waals surface area contributed by atoms with Crippen molar-refractivity contribution in [3.05, 3.63) is 35.9 Å². The molecule has 2 fully saturated rings. The zero-order chi connectivity index (χ0) is 25.0. The molecule has 1 unspecified atom stereocenters. The van der Waals surface area contributed by atoms with Crippen molar-refractivity contribution >= 4 is 23.9 Å². The van der Waals surface area contributed by atoms with Crippen molar-refractivity contribution < 1.29 is 19.1 Å². The maximum absolute atomic E-state index is 12.8. The summed E-state index contributed by atoms with van der Waals surface area (Å²) in [5.74, 6) is -0.00650. The van der Waals surface area contributed by atoms with Crippen LogP contribution in [-0.2, 0) is 20.9 Å². The summed E-state index contributed by atoms with van der Waals surface area (Å²) in [6, 6.07) is 8.41. The molecule has 1 saturated heterocycles. The van der Waals surface area contributed by atoms with E-state index in [1.165, 1.54) is 6.42 Å². The quantitative estimate of drug-likeness (QED) is 0.224. The molecule has 10 nitrogen and oxygen atoms in total. The van der Waals surface area contributed by atoms with Crippen LogP contribution in [-0.4, -0.2) is 60.5 Å². The van der Waals surface area contributed by atoms with Gasteiger partial charge in [-0.1, -0.05) is 49.6 Å². The lowest BCUT2D eigenvalue weighted by atomic mass is 9.83. The number of unbranched alkanes of at least 4 members (excludes halogenated alkanes) is 1. The Kier molecular flexibility index (Phi) is 10.3. The number of carbonyl (C=O) groups is 3. The molecule has 0 radical (unpaired) electrons. The standard InChI is InChI=1S/C25H38N6O4/c26-21(19-11-5-2-6-12-19)23(33)31-16-13-20(31)22(32)28-14-7-8-15-29-24(27)30-25(34)35-17-18-9-3-1-4-10-18/h1,3-4,9-10,19-21H,2,5-8,11-17,26H2,(H,28,32)(H3,27,29,30,34)/t20-,21?/m0/s1. The molecule has 192 valence electrons. The van der Waals surface area contributed by atoms with Gasteiger partial charge in [0.05, 0.1) is 6.04 Å². The van der Waals surface area contributed by atoms with E-state index >= 15 is 0 Å². The largest absolute Gasteiger partial charge is 0.444 e. The van der Waals surface area contributed by atoms with Crippen LogP contribution in [0.3, 0.4) is 0 Å². The first kappa shape index (κ1) is 26.5. The number of benzene rings is 1. The van der Waals surface area contributed by atoms with Crippen molar-refractivity contribution in [3.8, 4) is 0 Å². The van der Waals surface area contributed by atoms with Crippen LogP contribution >= 0.6 is 0 Å². The van der Waals surface area contributed by atoms with E-state index in [1.807, 2.05) is 30.3 Å². The number of guanidine groups is 1. The highest BCUT2D eigenvalue weighted by Gasteiger charge is 2.41. The van der Waals surface area contributed by atoms with Crippen molar-refractivity contribution in [1.82, 2.24) is 15.5 Å². The van der Waals surface area contributed by atoms with E-state index in [1.54, 1.807) is 4.90 Å². The molecule has 0 aromatic heterocycles. The van der Waals surface area contributed by atoms with Crippen LogP contribution in [0.15, 0.2) is 35.3 Å². The molecule has 1 aliphatic heterocycles. The second-order valence-electron chi connectivity index (χ2n) is 9.21. The van der Waals surface area contributed by atoms with Gasteiger partial charge in [0.15, 0.2) is 5.96 Å². The second kappa shape index (κ2) is 13.7. The summed E-state index contributed by atoms with van der Waals surface area (Å²) in [6.07, 6.45) is 6.84. The van der Waals surface area contributed by atoms with Gasteiger partial charge < -0.3 is 26.4 Å². The van der Waals surface area contributed by atoms with Gasteiger partial charge in [0, 0.05) is 19.6 Å². The molecule has 1 saturated carbocycles. The number of likely N-dealkylation sites (tertiary alicyclic amines) is 1. The number of hydrogen-bond donors (Lipinski definition) is 4. The number of nitrogens with two attached hydrogens (primary N) is 2. The fourth-order valence-electron chi connectivity index (χ4n) is 4.48. The smallest absolute Gasteiger partial charge is 0.414 e. The Morgan fingerprint density at radius 3 is 2.51 bits per heavy atom. The number of amides is 3. The van der Waals surface area contributed by atoms with Crippen molar-refractivity contribution in [2.45, 2.75) is 70.1 Å². The summed E-state index contributed by atoms with van der Waals surface area (Å²) in [4.78, 5) is 42.8. The molecule has 35 heavy (non-hydrogen) atoms. The predicted octanol–water partition coefficient (Wildman–Crippen LogP) is 1.63. The zero-order valence-electron chi connectivity index (χ0n) is 20.3. The molecule has 1 heterocycles. The molecule has 0 spiro atoms. The normalized spacial score (nSPS) is 19.4. The molecular weight excluding hydrogens is 448 g/mol. The van der Waals surface area contributed by atoms with Crippen LogP contribution in [0.5, 0.6) is 0 Å². The second-order valence-corrected chi connectivity index (χ2v) is 9.21. The number of rotatable bonds is 10.